The van der Waals surface area contributed by atoms with Gasteiger partial charge in [0.05, 0.1) is 30.9 Å². The molecule has 0 spiro atoms. The monoisotopic (exact) mass is 468 g/mol. The molecule has 0 bridgehead atoms. The average molecular weight is 469 g/mol. The third kappa shape index (κ3) is 10.1. The summed E-state index contributed by atoms with van der Waals surface area (Å²) < 4.78 is 50.5. The smallest absolute Gasteiger partial charge is 0.475 e. The first kappa shape index (κ1) is 27.3. The fourth-order valence-corrected chi connectivity index (χ4v) is 4.10. The molecule has 0 radical (unpaired) electrons. The van der Waals surface area contributed by atoms with Gasteiger partial charge >= 0.3 is 7.82 Å². The molecule has 0 aliphatic rings. The van der Waals surface area contributed by atoms with Gasteiger partial charge in [-0.05, 0) is 39.0 Å². The first-order valence-corrected chi connectivity index (χ1v) is 11.7. The van der Waals surface area contributed by atoms with Gasteiger partial charge < -0.3 is 18.9 Å². The van der Waals surface area contributed by atoms with Gasteiger partial charge in [0.25, 0.3) is 0 Å². The summed E-state index contributed by atoms with van der Waals surface area (Å²) in [5.74, 6) is 0.585. The summed E-state index contributed by atoms with van der Waals surface area (Å²) in [6, 6.07) is 5.15. The number of phosphoric acid groups is 1. The Hall–Kier alpha value is -0.700. The van der Waals surface area contributed by atoms with E-state index in [9.17, 15) is 4.57 Å². The lowest BCUT2D eigenvalue weighted by molar-refractivity contribution is -0.105. The second kappa shape index (κ2) is 14.4. The lowest BCUT2D eigenvalue weighted by Crippen LogP contribution is -2.16. The molecule has 0 aliphatic heterocycles. The molecule has 1 rings (SSSR count). The van der Waals surface area contributed by atoms with Crippen LogP contribution in [0.4, 0.5) is 0 Å². The predicted octanol–water partition coefficient (Wildman–Crippen LogP) is 5.25. The van der Waals surface area contributed by atoms with Crippen LogP contribution in [-0.2, 0) is 32.3 Å². The van der Waals surface area contributed by atoms with E-state index >= 15 is 0 Å². The molecule has 174 valence electrons. The lowest BCUT2D eigenvalue weighted by Gasteiger charge is -2.22. The van der Waals surface area contributed by atoms with E-state index in [1.54, 1.807) is 32.0 Å². The lowest BCUT2D eigenvalue weighted by atomic mass is 10.2. The average Bonchev–Trinajstić information content (AvgIpc) is 2.70. The van der Waals surface area contributed by atoms with Crippen molar-refractivity contribution >= 4 is 19.4 Å². The summed E-state index contributed by atoms with van der Waals surface area (Å²) in [4.78, 5) is 0. The molecular formula is C20H34ClO8P. The van der Waals surface area contributed by atoms with Crippen molar-refractivity contribution in [3.05, 3.63) is 28.8 Å². The van der Waals surface area contributed by atoms with Crippen molar-refractivity contribution in [2.24, 2.45) is 5.92 Å². The fraction of sp³-hybridized carbons (Fsp3) is 0.700. The number of hydrogen-bond acceptors (Lipinski definition) is 8. The van der Waals surface area contributed by atoms with Gasteiger partial charge in [-0.3, -0.25) is 13.6 Å². The van der Waals surface area contributed by atoms with Crippen molar-refractivity contribution in [1.82, 2.24) is 0 Å². The van der Waals surface area contributed by atoms with Gasteiger partial charge in [0.15, 0.2) is 6.29 Å². The maximum Gasteiger partial charge on any atom is 0.475 e. The maximum absolute atomic E-state index is 12.8. The van der Waals surface area contributed by atoms with Crippen LogP contribution in [0, 0.1) is 5.92 Å². The van der Waals surface area contributed by atoms with Gasteiger partial charge in [0, 0.05) is 32.3 Å². The van der Waals surface area contributed by atoms with E-state index in [4.69, 9.17) is 44.1 Å². The maximum atomic E-state index is 12.8. The molecule has 1 aromatic rings. The molecule has 1 aromatic carbocycles. The highest BCUT2D eigenvalue weighted by Crippen LogP contribution is 2.50. The van der Waals surface area contributed by atoms with Gasteiger partial charge in [0.2, 0.25) is 0 Å². The van der Waals surface area contributed by atoms with E-state index < -0.39 is 14.1 Å². The molecule has 30 heavy (non-hydrogen) atoms. The van der Waals surface area contributed by atoms with E-state index in [1.165, 1.54) is 14.2 Å². The summed E-state index contributed by atoms with van der Waals surface area (Å²) in [5, 5.41) is 0.447. The van der Waals surface area contributed by atoms with Crippen molar-refractivity contribution in [3.8, 4) is 5.75 Å². The van der Waals surface area contributed by atoms with Crippen LogP contribution in [0.25, 0.3) is 0 Å². The normalized spacial score (nSPS) is 14.8. The zero-order valence-electron chi connectivity index (χ0n) is 18.6. The van der Waals surface area contributed by atoms with Crippen molar-refractivity contribution < 1.29 is 37.1 Å². The summed E-state index contributed by atoms with van der Waals surface area (Å²) in [7, 11) is -0.654. The van der Waals surface area contributed by atoms with Crippen LogP contribution in [0.15, 0.2) is 18.2 Å². The van der Waals surface area contributed by atoms with Gasteiger partial charge in [-0.25, -0.2) is 4.57 Å². The molecule has 0 amide bonds. The first-order valence-electron chi connectivity index (χ1n) is 9.87. The predicted molar refractivity (Wildman–Crippen MR) is 115 cm³/mol. The Morgan fingerprint density at radius 3 is 2.30 bits per heavy atom. The minimum absolute atomic E-state index is 0.0158. The molecule has 0 heterocycles. The number of halogens is 1. The summed E-state index contributed by atoms with van der Waals surface area (Å²) >= 11 is 6.27. The van der Waals surface area contributed by atoms with Crippen LogP contribution in [0.5, 0.6) is 5.75 Å². The van der Waals surface area contributed by atoms with Gasteiger partial charge in [-0.1, -0.05) is 18.5 Å². The summed E-state index contributed by atoms with van der Waals surface area (Å²) in [6.45, 7) is 8.83. The summed E-state index contributed by atoms with van der Waals surface area (Å²) in [5.41, 5.74) is 0.690. The van der Waals surface area contributed by atoms with Crippen LogP contribution in [0.2, 0.25) is 5.02 Å². The van der Waals surface area contributed by atoms with Crippen LogP contribution in [0.3, 0.4) is 0 Å². The number of rotatable bonds is 16. The fourth-order valence-electron chi connectivity index (χ4n) is 2.39. The van der Waals surface area contributed by atoms with Gasteiger partial charge in [0.1, 0.15) is 12.4 Å². The number of benzene rings is 1. The Bertz CT molecular complexity index is 654. The molecule has 0 saturated heterocycles. The molecule has 0 aliphatic carbocycles. The minimum atomic E-state index is -3.72. The van der Waals surface area contributed by atoms with Gasteiger partial charge in [-0.15, -0.1) is 0 Å². The van der Waals surface area contributed by atoms with E-state index in [2.05, 4.69) is 0 Å². The molecule has 0 saturated carbocycles. The van der Waals surface area contributed by atoms with Crippen LogP contribution in [0.1, 0.15) is 39.5 Å². The number of phosphoric ester groups is 1. The Labute approximate surface area is 184 Å². The number of ether oxygens (including phenoxy) is 4. The van der Waals surface area contributed by atoms with Crippen molar-refractivity contribution in [2.45, 2.75) is 40.1 Å². The van der Waals surface area contributed by atoms with Crippen molar-refractivity contribution in [2.75, 3.05) is 47.3 Å². The third-order valence-corrected chi connectivity index (χ3v) is 5.69. The highest BCUT2D eigenvalue weighted by atomic mass is 35.5. The SMILES string of the molecule is CCOCC(C)COP(=O)(OCCOc1ccc(C(OC)OC)c(Cl)c1)OC(C)C. The molecule has 0 fully saturated rings. The third-order valence-electron chi connectivity index (χ3n) is 3.72. The van der Waals surface area contributed by atoms with Crippen molar-refractivity contribution in [1.29, 1.82) is 0 Å². The second-order valence-electron chi connectivity index (χ2n) is 6.83. The summed E-state index contributed by atoms with van der Waals surface area (Å²) in [6.07, 6.45) is -0.879. The molecule has 8 nitrogen and oxygen atoms in total. The standard InChI is InChI=1S/C20H34ClO8P/c1-7-25-13-16(4)14-28-30(22,29-15(2)3)27-11-10-26-17-8-9-18(19(21)12-17)20(23-5)24-6/h8-9,12,15-16,20H,7,10-11,13-14H2,1-6H3. The van der Waals surface area contributed by atoms with Crippen molar-refractivity contribution in [3.63, 3.8) is 0 Å². The Morgan fingerprint density at radius 2 is 1.73 bits per heavy atom. The molecular weight excluding hydrogens is 435 g/mol. The molecule has 2 atom stereocenters. The van der Waals surface area contributed by atoms with Crippen LogP contribution < -0.4 is 4.74 Å². The molecule has 10 heteroatoms. The van der Waals surface area contributed by atoms with Gasteiger partial charge in [-0.2, -0.15) is 0 Å². The second-order valence-corrected chi connectivity index (χ2v) is 8.86. The van der Waals surface area contributed by atoms with E-state index in [0.29, 0.717) is 29.5 Å². The molecule has 2 unspecified atom stereocenters. The topological polar surface area (TPSA) is 81.7 Å². The minimum Gasteiger partial charge on any atom is -0.491 e. The van der Waals surface area contributed by atoms with E-state index in [1.807, 2.05) is 13.8 Å². The molecule has 0 aromatic heterocycles. The Balaban J connectivity index is 2.56. The Kier molecular flexibility index (Phi) is 13.1. The zero-order chi connectivity index (χ0) is 22.6. The molecule has 0 N–H and O–H groups in total. The number of hydrogen-bond donors (Lipinski definition) is 0. The Morgan fingerprint density at radius 1 is 1.03 bits per heavy atom. The van der Waals surface area contributed by atoms with E-state index in [0.717, 1.165) is 0 Å². The quantitative estimate of drug-likeness (QED) is 0.185. The highest BCUT2D eigenvalue weighted by Gasteiger charge is 2.29. The number of methoxy groups -OCH3 is 2. The highest BCUT2D eigenvalue weighted by molar-refractivity contribution is 7.48. The van der Waals surface area contributed by atoms with Crippen LogP contribution in [-0.4, -0.2) is 53.4 Å². The van der Waals surface area contributed by atoms with Crippen LogP contribution >= 0.6 is 19.4 Å². The van der Waals surface area contributed by atoms with E-state index in [-0.39, 0.29) is 31.8 Å². The largest absolute Gasteiger partial charge is 0.491 e. The first-order chi connectivity index (χ1) is 14.2. The zero-order valence-corrected chi connectivity index (χ0v) is 20.2.